The molecule has 0 radical (unpaired) electrons. The molecule has 2 aromatic carbocycles. The third kappa shape index (κ3) is 5.79. The lowest BCUT2D eigenvalue weighted by molar-refractivity contribution is -0.136. The summed E-state index contributed by atoms with van der Waals surface area (Å²) in [4.78, 5) is 15.8. The Morgan fingerprint density at radius 3 is 2.69 bits per heavy atom. The van der Waals surface area contributed by atoms with E-state index in [1.54, 1.807) is 39.2 Å². The van der Waals surface area contributed by atoms with Crippen LogP contribution >= 0.6 is 11.6 Å². The van der Waals surface area contributed by atoms with E-state index in [0.717, 1.165) is 42.8 Å². The summed E-state index contributed by atoms with van der Waals surface area (Å²) >= 11 is 6.42. The molecule has 8 nitrogen and oxygen atoms in total. The molecule has 4 aliphatic rings. The molecule has 2 aromatic rings. The summed E-state index contributed by atoms with van der Waals surface area (Å²) in [6.07, 6.45) is 8.38. The Bertz CT molecular complexity index is 1590. The Balaban J connectivity index is 1.47. The molecule has 2 aliphatic carbocycles. The van der Waals surface area contributed by atoms with Gasteiger partial charge in [-0.1, -0.05) is 36.7 Å². The fraction of sp³-hybridized carbons (Fsp3) is 0.571. The van der Waals surface area contributed by atoms with Crippen molar-refractivity contribution in [1.82, 2.24) is 4.72 Å². The van der Waals surface area contributed by atoms with E-state index < -0.39 is 32.9 Å². The van der Waals surface area contributed by atoms with Gasteiger partial charge in [-0.2, -0.15) is 0 Å². The van der Waals surface area contributed by atoms with Gasteiger partial charge in [-0.25, -0.2) is 13.1 Å². The number of fused-ring (bicyclic) bond motifs is 4. The third-order valence-electron chi connectivity index (χ3n) is 11.2. The molecule has 10 heteroatoms. The summed E-state index contributed by atoms with van der Waals surface area (Å²) in [6, 6.07) is 11.4. The second-order valence-corrected chi connectivity index (χ2v) is 16.2. The topological polar surface area (TPSA) is 105 Å². The van der Waals surface area contributed by atoms with Gasteiger partial charge in [0.2, 0.25) is 10.0 Å². The van der Waals surface area contributed by atoms with Gasteiger partial charge in [0, 0.05) is 36.2 Å². The number of benzene rings is 2. The number of aliphatic hydroxyl groups excluding tert-OH is 1. The minimum atomic E-state index is -3.97. The molecular weight excluding hydrogens is 612 g/mol. The number of methoxy groups -OCH3 is 1. The van der Waals surface area contributed by atoms with E-state index in [-0.39, 0.29) is 28.7 Å². The highest BCUT2D eigenvalue weighted by atomic mass is 35.5. The molecule has 2 heterocycles. The Hall–Kier alpha value is -2.59. The van der Waals surface area contributed by atoms with Crippen LogP contribution in [-0.2, 0) is 26.6 Å². The predicted molar refractivity (Wildman–Crippen MR) is 177 cm³/mol. The first kappa shape index (κ1) is 32.4. The fourth-order valence-corrected chi connectivity index (χ4v) is 9.61. The van der Waals surface area contributed by atoms with Crippen molar-refractivity contribution in [1.29, 1.82) is 0 Å². The van der Waals surface area contributed by atoms with Gasteiger partial charge in [0.15, 0.2) is 0 Å². The minimum Gasteiger partial charge on any atom is -0.490 e. The number of carbonyl (C=O) groups excluding carboxylic acids is 1. The number of nitrogens with zero attached hydrogens (tertiary/aromatic N) is 1. The number of hydrogen-bond acceptors (Lipinski definition) is 7. The number of hydrogen-bond donors (Lipinski definition) is 2. The molecule has 0 saturated heterocycles. The van der Waals surface area contributed by atoms with Crippen LogP contribution < -0.4 is 14.4 Å². The SMILES string of the molecule is CO[C@@]1([C@@H](C)O)/C=C\C[C@H](C)[C@@H](C)S(=O)(=O)NC(=O)c2ccc3c(c2)N(C[C@@H]2CC[C@H]21)C[C@@]1(CCCc2cc(Cl)ccc21)CO3. The number of halogens is 1. The van der Waals surface area contributed by atoms with Crippen molar-refractivity contribution in [3.05, 3.63) is 70.3 Å². The van der Waals surface area contributed by atoms with Gasteiger partial charge < -0.3 is 19.5 Å². The van der Waals surface area contributed by atoms with Crippen molar-refractivity contribution in [2.24, 2.45) is 17.8 Å². The monoisotopic (exact) mass is 656 g/mol. The average molecular weight is 657 g/mol. The number of nitrogens with one attached hydrogen (secondary N) is 1. The average Bonchev–Trinajstić information content (AvgIpc) is 3.14. The van der Waals surface area contributed by atoms with Crippen LogP contribution in [-0.4, -0.2) is 63.2 Å². The molecule has 1 fully saturated rings. The number of carbonyl (C=O) groups is 1. The summed E-state index contributed by atoms with van der Waals surface area (Å²) in [7, 11) is -2.32. The number of aryl methyl sites for hydroxylation is 1. The van der Waals surface area contributed by atoms with Crippen LogP contribution in [0, 0.1) is 17.8 Å². The first-order valence-corrected chi connectivity index (χ1v) is 18.1. The highest BCUT2D eigenvalue weighted by molar-refractivity contribution is 7.90. The first-order valence-electron chi connectivity index (χ1n) is 16.2. The van der Waals surface area contributed by atoms with E-state index >= 15 is 0 Å². The number of aliphatic hydroxyl groups is 1. The summed E-state index contributed by atoms with van der Waals surface area (Å²) in [6.45, 7) is 7.07. The van der Waals surface area contributed by atoms with E-state index in [4.69, 9.17) is 21.1 Å². The largest absolute Gasteiger partial charge is 0.490 e. The van der Waals surface area contributed by atoms with E-state index in [9.17, 15) is 18.3 Å². The van der Waals surface area contributed by atoms with Gasteiger partial charge in [0.25, 0.3) is 5.91 Å². The van der Waals surface area contributed by atoms with Crippen LogP contribution in [0.2, 0.25) is 5.02 Å². The highest BCUT2D eigenvalue weighted by Gasteiger charge is 2.51. The molecule has 1 amide bonds. The molecule has 2 bridgehead atoms. The molecule has 0 aromatic heterocycles. The first-order chi connectivity index (χ1) is 21.4. The minimum absolute atomic E-state index is 0.0515. The number of allylic oxidation sites excluding steroid dienone is 1. The summed E-state index contributed by atoms with van der Waals surface area (Å²) < 4.78 is 41.8. The maximum Gasteiger partial charge on any atom is 0.264 e. The van der Waals surface area contributed by atoms with Crippen LogP contribution in [0.4, 0.5) is 5.69 Å². The Kier molecular flexibility index (Phi) is 8.78. The third-order valence-corrected chi connectivity index (χ3v) is 13.3. The molecule has 7 atom stereocenters. The number of rotatable bonds is 2. The van der Waals surface area contributed by atoms with Crippen LogP contribution in [0.3, 0.4) is 0 Å². The zero-order valence-electron chi connectivity index (χ0n) is 26.6. The van der Waals surface area contributed by atoms with Crippen LogP contribution in [0.15, 0.2) is 48.6 Å². The molecule has 0 unspecified atom stereocenters. The molecule has 244 valence electrons. The lowest BCUT2D eigenvalue weighted by Crippen LogP contribution is -2.57. The molecule has 6 rings (SSSR count). The number of sulfonamides is 1. The van der Waals surface area contributed by atoms with Gasteiger partial charge in [-0.05, 0) is 112 Å². The highest BCUT2D eigenvalue weighted by Crippen LogP contribution is 2.49. The lowest BCUT2D eigenvalue weighted by atomic mass is 9.62. The van der Waals surface area contributed by atoms with Crippen molar-refractivity contribution in [2.75, 3.05) is 31.7 Å². The molecular formula is C35H45ClN2O6S. The number of amides is 1. The smallest absolute Gasteiger partial charge is 0.264 e. The summed E-state index contributed by atoms with van der Waals surface area (Å²) in [5.74, 6) is 0.00337. The fourth-order valence-electron chi connectivity index (χ4n) is 8.13. The van der Waals surface area contributed by atoms with Crippen molar-refractivity contribution in [3.8, 4) is 5.75 Å². The quantitative estimate of drug-likeness (QED) is 0.403. The van der Waals surface area contributed by atoms with E-state index in [0.29, 0.717) is 31.9 Å². The van der Waals surface area contributed by atoms with E-state index in [1.807, 2.05) is 25.1 Å². The Labute approximate surface area is 272 Å². The zero-order chi connectivity index (χ0) is 32.1. The van der Waals surface area contributed by atoms with Gasteiger partial charge in [-0.15, -0.1) is 0 Å². The predicted octanol–water partition coefficient (Wildman–Crippen LogP) is 5.65. The van der Waals surface area contributed by atoms with Crippen LogP contribution in [0.1, 0.15) is 74.4 Å². The van der Waals surface area contributed by atoms with Crippen molar-refractivity contribution >= 4 is 33.2 Å². The summed E-state index contributed by atoms with van der Waals surface area (Å²) in [5, 5.41) is 11.1. The number of anilines is 1. The molecule has 1 spiro atoms. The molecule has 1 saturated carbocycles. The second-order valence-electron chi connectivity index (χ2n) is 13.8. The standard InChI is InChI=1S/C35H45ClN2O6S/c1-22-7-5-16-35(43-4,24(3)39)30-12-9-27(30)19-38-20-34(15-6-8-25-17-28(36)11-13-29(25)34)21-44-32-14-10-26(18-31(32)38)33(40)37-45(41,42)23(22)2/h5,10-11,13-14,16-18,22-24,27,30,39H,6-9,12,15,19-21H2,1-4H3,(H,37,40)/b16-5-/t22-,23+,24+,27-,30+,34-,35+/m0/s1. The number of ether oxygens (including phenoxy) is 2. The summed E-state index contributed by atoms with van der Waals surface area (Å²) in [5.41, 5.74) is 2.32. The van der Waals surface area contributed by atoms with Crippen LogP contribution in [0.25, 0.3) is 0 Å². The van der Waals surface area contributed by atoms with Gasteiger partial charge in [0.05, 0.1) is 23.6 Å². The normalized spacial score (nSPS) is 34.3. The molecule has 2 aliphatic heterocycles. The van der Waals surface area contributed by atoms with Gasteiger partial charge in [0.1, 0.15) is 11.4 Å². The Morgan fingerprint density at radius 2 is 1.98 bits per heavy atom. The maximum absolute atomic E-state index is 13.4. The lowest BCUT2D eigenvalue weighted by Gasteiger charge is -2.51. The Morgan fingerprint density at radius 1 is 1.18 bits per heavy atom. The van der Waals surface area contributed by atoms with Crippen molar-refractivity contribution in [3.63, 3.8) is 0 Å². The van der Waals surface area contributed by atoms with Crippen molar-refractivity contribution < 1.29 is 27.8 Å². The van der Waals surface area contributed by atoms with Crippen molar-refractivity contribution in [2.45, 2.75) is 81.7 Å². The molecule has 2 N–H and O–H groups in total. The van der Waals surface area contributed by atoms with E-state index in [2.05, 4.69) is 21.8 Å². The van der Waals surface area contributed by atoms with Gasteiger partial charge in [-0.3, -0.25) is 4.79 Å². The second kappa shape index (κ2) is 12.2. The van der Waals surface area contributed by atoms with E-state index in [1.165, 1.54) is 11.1 Å². The van der Waals surface area contributed by atoms with Crippen LogP contribution in [0.5, 0.6) is 5.75 Å². The maximum atomic E-state index is 13.4. The molecule has 45 heavy (non-hydrogen) atoms. The zero-order valence-corrected chi connectivity index (χ0v) is 28.2. The van der Waals surface area contributed by atoms with Gasteiger partial charge >= 0.3 is 0 Å².